The highest BCUT2D eigenvalue weighted by molar-refractivity contribution is 5.91. The fourth-order valence-electron chi connectivity index (χ4n) is 3.05. The fraction of sp³-hybridized carbons (Fsp3) is 0.350. The van der Waals surface area contributed by atoms with Gasteiger partial charge in [0.2, 0.25) is 5.91 Å². The Morgan fingerprint density at radius 2 is 1.94 bits per heavy atom. The van der Waals surface area contributed by atoms with Crippen molar-refractivity contribution >= 4 is 12.0 Å². The van der Waals surface area contributed by atoms with Gasteiger partial charge >= 0.3 is 6.18 Å². The largest absolute Gasteiger partial charge is 0.416 e. The van der Waals surface area contributed by atoms with Crippen LogP contribution in [0.1, 0.15) is 33.9 Å². The zero-order valence-electron chi connectivity index (χ0n) is 17.6. The second kappa shape index (κ2) is 8.70. The van der Waals surface area contributed by atoms with Crippen LogP contribution in [0.4, 0.5) is 13.2 Å². The molecule has 3 rings (SSSR count). The van der Waals surface area contributed by atoms with Crippen LogP contribution in [0.2, 0.25) is 0 Å². The third kappa shape index (κ3) is 5.56. The molecule has 0 spiro atoms. The van der Waals surface area contributed by atoms with E-state index in [1.807, 2.05) is 13.0 Å². The Bertz CT molecular complexity index is 1110. The number of carbonyl (C=O) groups is 1. The molecule has 0 aliphatic carbocycles. The highest BCUT2D eigenvalue weighted by atomic mass is 19.4. The summed E-state index contributed by atoms with van der Waals surface area (Å²) in [5.41, 5.74) is 1.71. The van der Waals surface area contributed by atoms with Crippen molar-refractivity contribution in [1.29, 1.82) is 0 Å². The first-order chi connectivity index (χ1) is 14.5. The monoisotopic (exact) mass is 433 g/mol. The summed E-state index contributed by atoms with van der Waals surface area (Å²) >= 11 is 0. The first-order valence-corrected chi connectivity index (χ1v) is 9.40. The summed E-state index contributed by atoms with van der Waals surface area (Å²) in [5, 5.41) is 15.8. The predicted octanol–water partition coefficient (Wildman–Crippen LogP) is 2.76. The summed E-state index contributed by atoms with van der Waals surface area (Å²) < 4.78 is 41.2. The molecule has 3 aromatic rings. The molecule has 1 aromatic carbocycles. The molecule has 2 aromatic heterocycles. The van der Waals surface area contributed by atoms with Gasteiger partial charge in [-0.25, -0.2) is 0 Å². The molecule has 0 radical (unpaired) electrons. The van der Waals surface area contributed by atoms with Crippen LogP contribution in [0.3, 0.4) is 0 Å². The van der Waals surface area contributed by atoms with Gasteiger partial charge < -0.3 is 4.90 Å². The van der Waals surface area contributed by atoms with Crippen LogP contribution < -0.4 is 0 Å². The molecule has 2 heterocycles. The Labute approximate surface area is 177 Å². The number of benzene rings is 1. The Morgan fingerprint density at radius 1 is 1.19 bits per heavy atom. The van der Waals surface area contributed by atoms with Crippen molar-refractivity contribution in [2.24, 2.45) is 7.05 Å². The van der Waals surface area contributed by atoms with Crippen molar-refractivity contribution in [1.82, 2.24) is 34.9 Å². The van der Waals surface area contributed by atoms with Gasteiger partial charge in [0.05, 0.1) is 30.0 Å². The maximum Gasteiger partial charge on any atom is 0.416 e. The van der Waals surface area contributed by atoms with Crippen molar-refractivity contribution < 1.29 is 18.0 Å². The average Bonchev–Trinajstić information content (AvgIpc) is 3.23. The zero-order chi connectivity index (χ0) is 22.8. The molecule has 1 amide bonds. The Balaban J connectivity index is 1.82. The predicted molar refractivity (Wildman–Crippen MR) is 107 cm³/mol. The molecule has 0 saturated heterocycles. The number of carbonyl (C=O) groups excluding carboxylic acids is 1. The highest BCUT2D eigenvalue weighted by Gasteiger charge is 2.31. The fourth-order valence-corrected chi connectivity index (χ4v) is 3.05. The number of hydrogen-bond acceptors (Lipinski definition) is 5. The molecule has 31 heavy (non-hydrogen) atoms. The minimum absolute atomic E-state index is 0.0112. The summed E-state index contributed by atoms with van der Waals surface area (Å²) in [4.78, 5) is 15.2. The topological polar surface area (TPSA) is 81.7 Å². The van der Waals surface area contributed by atoms with E-state index in [1.54, 1.807) is 25.7 Å². The lowest BCUT2D eigenvalue weighted by atomic mass is 10.0. The van der Waals surface area contributed by atoms with Crippen LogP contribution in [-0.4, -0.2) is 47.8 Å². The van der Waals surface area contributed by atoms with Crippen LogP contribution in [0, 0.1) is 13.8 Å². The minimum Gasteiger partial charge on any atom is -0.336 e. The summed E-state index contributed by atoms with van der Waals surface area (Å²) in [6.45, 7) is 3.84. The van der Waals surface area contributed by atoms with Gasteiger partial charge in [0.1, 0.15) is 0 Å². The van der Waals surface area contributed by atoms with Gasteiger partial charge in [-0.15, -0.1) is 10.2 Å². The van der Waals surface area contributed by atoms with E-state index in [1.165, 1.54) is 27.9 Å². The quantitative estimate of drug-likeness (QED) is 0.559. The van der Waals surface area contributed by atoms with E-state index >= 15 is 0 Å². The van der Waals surface area contributed by atoms with E-state index < -0.39 is 11.7 Å². The molecule has 0 atom stereocenters. The molecular formula is C20H22F3N7O. The Kier molecular flexibility index (Phi) is 6.23. The average molecular weight is 433 g/mol. The summed E-state index contributed by atoms with van der Waals surface area (Å²) in [7, 11) is 3.44. The van der Waals surface area contributed by atoms with Gasteiger partial charge in [-0.1, -0.05) is 6.07 Å². The van der Waals surface area contributed by atoms with Crippen LogP contribution >= 0.6 is 0 Å². The van der Waals surface area contributed by atoms with Gasteiger partial charge in [-0.3, -0.25) is 9.48 Å². The van der Waals surface area contributed by atoms with Crippen LogP contribution in [0.5, 0.6) is 0 Å². The molecule has 164 valence electrons. The van der Waals surface area contributed by atoms with Gasteiger partial charge in [-0.05, 0) is 54.5 Å². The van der Waals surface area contributed by atoms with E-state index in [2.05, 4.69) is 20.5 Å². The van der Waals surface area contributed by atoms with E-state index in [0.717, 1.165) is 23.5 Å². The van der Waals surface area contributed by atoms with Crippen molar-refractivity contribution in [3.63, 3.8) is 0 Å². The van der Waals surface area contributed by atoms with Crippen LogP contribution in [0.25, 0.3) is 6.08 Å². The van der Waals surface area contributed by atoms with Crippen LogP contribution in [0.15, 0.2) is 30.3 Å². The number of alkyl halides is 3. The molecular weight excluding hydrogens is 411 g/mol. The molecule has 8 nitrogen and oxygen atoms in total. The Hall–Kier alpha value is -3.50. The smallest absolute Gasteiger partial charge is 0.336 e. The number of nitrogens with zero attached hydrogens (tertiary/aromatic N) is 7. The maximum atomic E-state index is 13.2. The molecule has 0 bridgehead atoms. The second-order valence-electron chi connectivity index (χ2n) is 7.21. The third-order valence-corrected chi connectivity index (χ3v) is 4.61. The number of amides is 1. The van der Waals surface area contributed by atoms with Crippen molar-refractivity contribution in [3.8, 4) is 0 Å². The first-order valence-electron chi connectivity index (χ1n) is 9.40. The molecule has 0 N–H and O–H groups in total. The summed E-state index contributed by atoms with van der Waals surface area (Å²) in [6, 6.07) is 5.23. The molecule has 0 unspecified atom stereocenters. The Morgan fingerprint density at radius 3 is 2.52 bits per heavy atom. The number of aryl methyl sites for hydroxylation is 3. The van der Waals surface area contributed by atoms with E-state index in [-0.39, 0.29) is 12.5 Å². The van der Waals surface area contributed by atoms with Gasteiger partial charge in [0.15, 0.2) is 5.82 Å². The van der Waals surface area contributed by atoms with Gasteiger partial charge in [0.25, 0.3) is 0 Å². The lowest BCUT2D eigenvalue weighted by Gasteiger charge is -2.15. The van der Waals surface area contributed by atoms with E-state index in [4.69, 9.17) is 0 Å². The third-order valence-electron chi connectivity index (χ3n) is 4.61. The van der Waals surface area contributed by atoms with Crippen molar-refractivity contribution in [3.05, 3.63) is 64.2 Å². The normalized spacial score (nSPS) is 12.0. The lowest BCUT2D eigenvalue weighted by molar-refractivity contribution is -0.137. The minimum atomic E-state index is -4.49. The number of likely N-dealkylation sites (N-methyl/N-ethyl adjacent to an activating group) is 1. The first kappa shape index (κ1) is 22.2. The van der Waals surface area contributed by atoms with Crippen molar-refractivity contribution in [2.45, 2.75) is 33.1 Å². The molecule has 0 aliphatic heterocycles. The lowest BCUT2D eigenvalue weighted by Crippen LogP contribution is -2.25. The second-order valence-corrected chi connectivity index (χ2v) is 7.21. The SMILES string of the molecule is Cc1cc(CN(C)C(=O)/C=C/c2ccc(C(F)(F)F)cc2Cn2nnc(C)n2)n(C)n1. The van der Waals surface area contributed by atoms with Crippen molar-refractivity contribution in [2.75, 3.05) is 7.05 Å². The van der Waals surface area contributed by atoms with E-state index in [0.29, 0.717) is 23.5 Å². The molecule has 0 fully saturated rings. The standard InChI is InChI=1S/C20H22F3N7O/c1-13-9-18(29(4)25-13)12-28(3)19(31)8-6-15-5-7-17(20(21,22)23)10-16(15)11-30-26-14(2)24-27-30/h5-10H,11-12H2,1-4H3/b8-6+. The number of aromatic nitrogens is 6. The maximum absolute atomic E-state index is 13.2. The number of halogens is 3. The summed E-state index contributed by atoms with van der Waals surface area (Å²) in [6.07, 6.45) is -1.66. The molecule has 0 saturated carbocycles. The summed E-state index contributed by atoms with van der Waals surface area (Å²) in [5.74, 6) is 0.116. The zero-order valence-corrected chi connectivity index (χ0v) is 17.6. The van der Waals surface area contributed by atoms with Gasteiger partial charge in [-0.2, -0.15) is 23.1 Å². The van der Waals surface area contributed by atoms with E-state index in [9.17, 15) is 18.0 Å². The highest BCUT2D eigenvalue weighted by Crippen LogP contribution is 2.31. The molecule has 0 aliphatic rings. The van der Waals surface area contributed by atoms with Crippen LogP contribution in [-0.2, 0) is 31.1 Å². The number of rotatable bonds is 6. The van der Waals surface area contributed by atoms with Gasteiger partial charge in [0, 0.05) is 20.2 Å². The number of hydrogen-bond donors (Lipinski definition) is 0. The number of tetrazole rings is 1. The molecule has 11 heteroatoms.